The number of nitrogens with one attached hydrogen (secondary N) is 1. The molecule has 1 N–H and O–H groups in total. The monoisotopic (exact) mass is 353 g/mol. The Morgan fingerprint density at radius 1 is 1.20 bits per heavy atom. The van der Waals surface area contributed by atoms with Crippen LogP contribution < -0.4 is 5.32 Å². The number of likely N-dealkylation sites (N-methyl/N-ethyl adjacent to an activating group) is 1. The number of benzene rings is 2. The van der Waals surface area contributed by atoms with Gasteiger partial charge in [0.25, 0.3) is 0 Å². The van der Waals surface area contributed by atoms with Crippen molar-refractivity contribution in [1.29, 1.82) is 0 Å². The first kappa shape index (κ1) is 15.5. The van der Waals surface area contributed by atoms with Gasteiger partial charge in [-0.25, -0.2) is 4.39 Å². The Bertz CT molecular complexity index is 562. The van der Waals surface area contributed by atoms with Crippen LogP contribution in [-0.2, 0) is 6.42 Å². The molecule has 1 atom stereocenters. The molecule has 106 valence electrons. The lowest BCUT2D eigenvalue weighted by Gasteiger charge is -2.16. The van der Waals surface area contributed by atoms with Crippen molar-refractivity contribution in [2.45, 2.75) is 17.4 Å². The van der Waals surface area contributed by atoms with Gasteiger partial charge in [-0.05, 0) is 49.4 Å². The molecule has 0 heterocycles. The van der Waals surface area contributed by atoms with Gasteiger partial charge in [0.05, 0.1) is 0 Å². The fraction of sp³-hybridized carbons (Fsp3) is 0.250. The molecule has 0 aliphatic heterocycles. The quantitative estimate of drug-likeness (QED) is 0.766. The number of rotatable bonds is 6. The van der Waals surface area contributed by atoms with E-state index in [4.69, 9.17) is 0 Å². The van der Waals surface area contributed by atoms with Gasteiger partial charge < -0.3 is 5.32 Å². The molecule has 20 heavy (non-hydrogen) atoms. The summed E-state index contributed by atoms with van der Waals surface area (Å²) in [5, 5.41) is 3.32. The summed E-state index contributed by atoms with van der Waals surface area (Å²) in [6.07, 6.45) is 0.957. The van der Waals surface area contributed by atoms with Crippen LogP contribution >= 0.6 is 27.7 Å². The number of thioether (sulfide) groups is 1. The van der Waals surface area contributed by atoms with E-state index in [0.717, 1.165) is 21.5 Å². The fourth-order valence-corrected chi connectivity index (χ4v) is 3.44. The second-order valence-corrected chi connectivity index (χ2v) is 6.60. The molecule has 0 fully saturated rings. The molecule has 1 unspecified atom stereocenters. The first-order valence-electron chi connectivity index (χ1n) is 6.47. The Balaban J connectivity index is 1.92. The highest BCUT2D eigenvalue weighted by Crippen LogP contribution is 2.21. The first-order chi connectivity index (χ1) is 9.67. The van der Waals surface area contributed by atoms with E-state index < -0.39 is 0 Å². The molecule has 0 aliphatic carbocycles. The average Bonchev–Trinajstić information content (AvgIpc) is 2.43. The molecule has 2 aromatic carbocycles. The largest absolute Gasteiger partial charge is 0.316 e. The standard InChI is InChI=1S/C16H17BrFNS/c1-19-15(9-12-4-2-5-13(17)8-12)11-20-16-7-3-6-14(18)10-16/h2-8,10,15,19H,9,11H2,1H3. The number of hydrogen-bond donors (Lipinski definition) is 1. The van der Waals surface area contributed by atoms with Crippen LogP contribution in [0.3, 0.4) is 0 Å². The molecule has 0 aromatic heterocycles. The van der Waals surface area contributed by atoms with Gasteiger partial charge in [-0.1, -0.05) is 34.1 Å². The van der Waals surface area contributed by atoms with Crippen LogP contribution in [0, 0.1) is 5.82 Å². The minimum Gasteiger partial charge on any atom is -0.316 e. The van der Waals surface area contributed by atoms with E-state index in [1.165, 1.54) is 11.6 Å². The van der Waals surface area contributed by atoms with E-state index >= 15 is 0 Å². The van der Waals surface area contributed by atoms with Gasteiger partial charge in [0.2, 0.25) is 0 Å². The van der Waals surface area contributed by atoms with Crippen LogP contribution in [0.5, 0.6) is 0 Å². The lowest BCUT2D eigenvalue weighted by atomic mass is 10.1. The van der Waals surface area contributed by atoms with E-state index in [-0.39, 0.29) is 5.82 Å². The third kappa shape index (κ3) is 4.93. The lowest BCUT2D eigenvalue weighted by Crippen LogP contribution is -2.30. The predicted octanol–water partition coefficient (Wildman–Crippen LogP) is 4.51. The SMILES string of the molecule is CNC(CSc1cccc(F)c1)Cc1cccc(Br)c1. The van der Waals surface area contributed by atoms with Gasteiger partial charge in [0, 0.05) is 21.2 Å². The smallest absolute Gasteiger partial charge is 0.124 e. The van der Waals surface area contributed by atoms with Crippen LogP contribution in [0.15, 0.2) is 57.9 Å². The normalized spacial score (nSPS) is 12.3. The molecule has 2 rings (SSSR count). The molecule has 0 amide bonds. The minimum absolute atomic E-state index is 0.178. The summed E-state index contributed by atoms with van der Waals surface area (Å²) in [6, 6.07) is 15.4. The molecule has 0 saturated heterocycles. The average molecular weight is 354 g/mol. The summed E-state index contributed by atoms with van der Waals surface area (Å²) in [7, 11) is 1.97. The molecule has 0 bridgehead atoms. The van der Waals surface area contributed by atoms with E-state index in [0.29, 0.717) is 6.04 Å². The van der Waals surface area contributed by atoms with Crippen LogP contribution in [-0.4, -0.2) is 18.8 Å². The molecule has 0 spiro atoms. The maximum atomic E-state index is 13.1. The van der Waals surface area contributed by atoms with Crippen molar-refractivity contribution in [3.63, 3.8) is 0 Å². The predicted molar refractivity (Wildman–Crippen MR) is 87.8 cm³/mol. The molecule has 0 saturated carbocycles. The first-order valence-corrected chi connectivity index (χ1v) is 8.25. The Morgan fingerprint density at radius 3 is 2.70 bits per heavy atom. The number of halogens is 2. The van der Waals surface area contributed by atoms with Crippen LogP contribution in [0.25, 0.3) is 0 Å². The molecule has 4 heteroatoms. The highest BCUT2D eigenvalue weighted by atomic mass is 79.9. The Hall–Kier alpha value is -0.840. The van der Waals surface area contributed by atoms with Crippen molar-refractivity contribution in [3.05, 3.63) is 64.4 Å². The zero-order valence-corrected chi connectivity index (χ0v) is 13.7. The molecule has 1 nitrogen and oxygen atoms in total. The van der Waals surface area contributed by atoms with Crippen molar-refractivity contribution in [3.8, 4) is 0 Å². The van der Waals surface area contributed by atoms with E-state index in [2.05, 4.69) is 33.4 Å². The highest BCUT2D eigenvalue weighted by Gasteiger charge is 2.08. The Labute approximate surface area is 132 Å². The second-order valence-electron chi connectivity index (χ2n) is 4.59. The van der Waals surface area contributed by atoms with Gasteiger partial charge >= 0.3 is 0 Å². The van der Waals surface area contributed by atoms with Crippen molar-refractivity contribution in [2.75, 3.05) is 12.8 Å². The van der Waals surface area contributed by atoms with Crippen LogP contribution in [0.2, 0.25) is 0 Å². The fourth-order valence-electron chi connectivity index (χ4n) is 1.95. The zero-order valence-electron chi connectivity index (χ0n) is 11.3. The van der Waals surface area contributed by atoms with Crippen LogP contribution in [0.1, 0.15) is 5.56 Å². The van der Waals surface area contributed by atoms with E-state index in [1.54, 1.807) is 23.9 Å². The summed E-state index contributed by atoms with van der Waals surface area (Å²) >= 11 is 5.17. The maximum Gasteiger partial charge on any atom is 0.124 e. The third-order valence-electron chi connectivity index (χ3n) is 3.03. The van der Waals surface area contributed by atoms with Crippen LogP contribution in [0.4, 0.5) is 4.39 Å². The van der Waals surface area contributed by atoms with Gasteiger partial charge in [-0.15, -0.1) is 11.8 Å². The van der Waals surface area contributed by atoms with Crippen molar-refractivity contribution < 1.29 is 4.39 Å². The maximum absolute atomic E-state index is 13.1. The van der Waals surface area contributed by atoms with Crippen molar-refractivity contribution >= 4 is 27.7 Å². The molecular formula is C16H17BrFNS. The van der Waals surface area contributed by atoms with Gasteiger partial charge in [0.1, 0.15) is 5.82 Å². The third-order valence-corrected chi connectivity index (χ3v) is 4.68. The zero-order chi connectivity index (χ0) is 14.4. The summed E-state index contributed by atoms with van der Waals surface area (Å²) in [5.41, 5.74) is 1.29. The second kappa shape index (κ2) is 7.81. The minimum atomic E-state index is -0.178. The summed E-state index contributed by atoms with van der Waals surface area (Å²) in [6.45, 7) is 0. The topological polar surface area (TPSA) is 12.0 Å². The Kier molecular flexibility index (Phi) is 6.07. The Morgan fingerprint density at radius 2 is 2.00 bits per heavy atom. The van der Waals surface area contributed by atoms with E-state index in [9.17, 15) is 4.39 Å². The van der Waals surface area contributed by atoms with Gasteiger partial charge in [-0.2, -0.15) is 0 Å². The number of hydrogen-bond acceptors (Lipinski definition) is 2. The molecule has 2 aromatic rings. The molecular weight excluding hydrogens is 337 g/mol. The lowest BCUT2D eigenvalue weighted by molar-refractivity contribution is 0.615. The summed E-state index contributed by atoms with van der Waals surface area (Å²) < 4.78 is 14.2. The van der Waals surface area contributed by atoms with Crippen molar-refractivity contribution in [1.82, 2.24) is 5.32 Å². The summed E-state index contributed by atoms with van der Waals surface area (Å²) in [5.74, 6) is 0.731. The van der Waals surface area contributed by atoms with Crippen molar-refractivity contribution in [2.24, 2.45) is 0 Å². The molecule has 0 radical (unpaired) electrons. The molecule has 0 aliphatic rings. The van der Waals surface area contributed by atoms with Gasteiger partial charge in [0.15, 0.2) is 0 Å². The summed E-state index contributed by atoms with van der Waals surface area (Å²) in [4.78, 5) is 0.972. The highest BCUT2D eigenvalue weighted by molar-refractivity contribution is 9.10. The van der Waals surface area contributed by atoms with Gasteiger partial charge in [-0.3, -0.25) is 0 Å². The van der Waals surface area contributed by atoms with E-state index in [1.807, 2.05) is 25.2 Å².